The van der Waals surface area contributed by atoms with Gasteiger partial charge in [-0.15, -0.1) is 0 Å². The summed E-state index contributed by atoms with van der Waals surface area (Å²) in [5, 5.41) is 18.9. The van der Waals surface area contributed by atoms with Crippen LogP contribution in [0.4, 0.5) is 4.39 Å². The molecule has 0 amide bonds. The Kier molecular flexibility index (Phi) is 4.40. The van der Waals surface area contributed by atoms with Gasteiger partial charge >= 0.3 is 5.97 Å². The molecule has 2 atom stereocenters. The Morgan fingerprint density at radius 3 is 2.62 bits per heavy atom. The third-order valence-electron chi connectivity index (χ3n) is 2.03. The quantitative estimate of drug-likeness (QED) is 0.821. The topological polar surface area (TPSA) is 66.8 Å². The van der Waals surface area contributed by atoms with Crippen LogP contribution in [0.3, 0.4) is 0 Å². The highest BCUT2D eigenvalue weighted by Gasteiger charge is 2.26. The first kappa shape index (κ1) is 13.1. The van der Waals surface area contributed by atoms with Crippen LogP contribution in [0.1, 0.15) is 11.7 Å². The number of benzene rings is 1. The van der Waals surface area contributed by atoms with E-state index in [2.05, 4.69) is 20.7 Å². The minimum absolute atomic E-state index is 0.0959. The van der Waals surface area contributed by atoms with Crippen LogP contribution in [0, 0.1) is 5.82 Å². The van der Waals surface area contributed by atoms with Crippen molar-refractivity contribution in [2.24, 2.45) is 0 Å². The van der Waals surface area contributed by atoms with E-state index in [1.807, 2.05) is 0 Å². The first-order valence-corrected chi connectivity index (χ1v) is 5.15. The van der Waals surface area contributed by atoms with Crippen LogP contribution in [0.5, 0.6) is 0 Å². The van der Waals surface area contributed by atoms with Crippen molar-refractivity contribution in [1.29, 1.82) is 0 Å². The van der Waals surface area contributed by atoms with Crippen molar-refractivity contribution in [3.8, 4) is 0 Å². The van der Waals surface area contributed by atoms with Crippen LogP contribution < -0.4 is 0 Å². The van der Waals surface area contributed by atoms with Crippen LogP contribution in [-0.4, -0.2) is 29.4 Å². The lowest BCUT2D eigenvalue weighted by Gasteiger charge is -2.16. The number of esters is 1. The minimum atomic E-state index is -1.73. The van der Waals surface area contributed by atoms with Crippen LogP contribution >= 0.6 is 15.9 Å². The van der Waals surface area contributed by atoms with Gasteiger partial charge in [0.25, 0.3) is 0 Å². The highest BCUT2D eigenvalue weighted by atomic mass is 79.9. The Morgan fingerprint density at radius 1 is 1.50 bits per heavy atom. The van der Waals surface area contributed by atoms with Gasteiger partial charge in [-0.2, -0.15) is 0 Å². The zero-order valence-electron chi connectivity index (χ0n) is 8.35. The smallest absolute Gasteiger partial charge is 0.337 e. The van der Waals surface area contributed by atoms with Crippen LogP contribution in [0.2, 0.25) is 0 Å². The lowest BCUT2D eigenvalue weighted by atomic mass is 10.0. The number of rotatable bonds is 3. The second-order valence-electron chi connectivity index (χ2n) is 3.09. The molecule has 88 valence electrons. The van der Waals surface area contributed by atoms with Crippen LogP contribution in [-0.2, 0) is 9.53 Å². The molecule has 6 heteroatoms. The Labute approximate surface area is 99.8 Å². The first-order chi connectivity index (χ1) is 7.47. The summed E-state index contributed by atoms with van der Waals surface area (Å²) in [6.45, 7) is 0. The molecular formula is C10H10BrFO4. The van der Waals surface area contributed by atoms with Gasteiger partial charge in [-0.05, 0) is 33.6 Å². The molecule has 16 heavy (non-hydrogen) atoms. The molecule has 2 unspecified atom stereocenters. The summed E-state index contributed by atoms with van der Waals surface area (Å²) in [7, 11) is 1.08. The minimum Gasteiger partial charge on any atom is -0.467 e. The SMILES string of the molecule is COC(=O)C(O)C(O)c1ccc(Br)c(F)c1. The van der Waals surface area contributed by atoms with Crippen molar-refractivity contribution >= 4 is 21.9 Å². The average Bonchev–Trinajstić information content (AvgIpc) is 2.29. The maximum Gasteiger partial charge on any atom is 0.337 e. The van der Waals surface area contributed by atoms with Crippen molar-refractivity contribution in [1.82, 2.24) is 0 Å². The molecule has 0 aromatic heterocycles. The third-order valence-corrected chi connectivity index (χ3v) is 2.67. The molecule has 0 radical (unpaired) electrons. The molecular weight excluding hydrogens is 283 g/mol. The molecule has 0 aliphatic carbocycles. The summed E-state index contributed by atoms with van der Waals surface area (Å²) >= 11 is 2.95. The van der Waals surface area contributed by atoms with Crippen molar-refractivity contribution < 1.29 is 24.1 Å². The standard InChI is InChI=1S/C10H10BrFO4/c1-16-10(15)9(14)8(13)5-2-3-6(11)7(12)4-5/h2-4,8-9,13-14H,1H3. The molecule has 1 aromatic carbocycles. The summed E-state index contributed by atoms with van der Waals surface area (Å²) in [4.78, 5) is 10.9. The van der Waals surface area contributed by atoms with Crippen LogP contribution in [0.25, 0.3) is 0 Å². The highest BCUT2D eigenvalue weighted by molar-refractivity contribution is 9.10. The fourth-order valence-corrected chi connectivity index (χ4v) is 1.37. The number of aliphatic hydroxyl groups excluding tert-OH is 2. The molecule has 1 rings (SSSR count). The summed E-state index contributed by atoms with van der Waals surface area (Å²) in [6, 6.07) is 3.79. The predicted octanol–water partition coefficient (Wildman–Crippen LogP) is 1.16. The van der Waals surface area contributed by atoms with E-state index < -0.39 is 24.0 Å². The lowest BCUT2D eigenvalue weighted by molar-refractivity contribution is -0.156. The number of hydrogen-bond acceptors (Lipinski definition) is 4. The van der Waals surface area contributed by atoms with Gasteiger partial charge in [0.1, 0.15) is 11.9 Å². The molecule has 0 saturated heterocycles. The first-order valence-electron chi connectivity index (χ1n) is 4.36. The van der Waals surface area contributed by atoms with Gasteiger partial charge in [0, 0.05) is 0 Å². The van der Waals surface area contributed by atoms with E-state index in [4.69, 9.17) is 0 Å². The van der Waals surface area contributed by atoms with Gasteiger partial charge in [-0.3, -0.25) is 0 Å². The fraction of sp³-hybridized carbons (Fsp3) is 0.300. The van der Waals surface area contributed by atoms with E-state index >= 15 is 0 Å². The fourth-order valence-electron chi connectivity index (χ4n) is 1.13. The van der Waals surface area contributed by atoms with Gasteiger partial charge in [-0.25, -0.2) is 9.18 Å². The zero-order chi connectivity index (χ0) is 12.3. The van der Waals surface area contributed by atoms with Crippen molar-refractivity contribution in [3.63, 3.8) is 0 Å². The highest BCUT2D eigenvalue weighted by Crippen LogP contribution is 2.23. The molecule has 0 fully saturated rings. The van der Waals surface area contributed by atoms with E-state index in [0.29, 0.717) is 0 Å². The van der Waals surface area contributed by atoms with E-state index in [1.165, 1.54) is 12.1 Å². The number of carbonyl (C=O) groups is 1. The lowest BCUT2D eigenvalue weighted by Crippen LogP contribution is -2.29. The normalized spacial score (nSPS) is 14.3. The van der Waals surface area contributed by atoms with Crippen molar-refractivity contribution in [2.75, 3.05) is 7.11 Å². The second-order valence-corrected chi connectivity index (χ2v) is 3.94. The summed E-state index contributed by atoms with van der Waals surface area (Å²) in [5.74, 6) is -1.57. The Morgan fingerprint density at radius 2 is 2.12 bits per heavy atom. The van der Waals surface area contributed by atoms with Crippen molar-refractivity contribution in [2.45, 2.75) is 12.2 Å². The van der Waals surface area contributed by atoms with E-state index in [1.54, 1.807) is 0 Å². The summed E-state index contributed by atoms with van der Waals surface area (Å²) in [6.07, 6.45) is -3.25. The predicted molar refractivity (Wildman–Crippen MR) is 57.1 cm³/mol. The van der Waals surface area contributed by atoms with E-state index in [9.17, 15) is 19.4 Å². The number of aliphatic hydroxyl groups is 2. The molecule has 0 heterocycles. The molecule has 0 bridgehead atoms. The second kappa shape index (κ2) is 5.38. The van der Waals surface area contributed by atoms with Crippen molar-refractivity contribution in [3.05, 3.63) is 34.1 Å². The van der Waals surface area contributed by atoms with E-state index in [0.717, 1.165) is 13.2 Å². The third kappa shape index (κ3) is 2.78. The molecule has 0 spiro atoms. The molecule has 0 aliphatic rings. The number of carbonyl (C=O) groups excluding carboxylic acids is 1. The number of ether oxygens (including phenoxy) is 1. The van der Waals surface area contributed by atoms with Gasteiger partial charge < -0.3 is 14.9 Å². The average molecular weight is 293 g/mol. The Balaban J connectivity index is 2.91. The van der Waals surface area contributed by atoms with Gasteiger partial charge in [-0.1, -0.05) is 6.07 Å². The molecule has 0 aliphatic heterocycles. The monoisotopic (exact) mass is 292 g/mol. The Hall–Kier alpha value is -0.980. The number of hydrogen-bond donors (Lipinski definition) is 2. The summed E-state index contributed by atoms with van der Waals surface area (Å²) < 4.78 is 17.6. The zero-order valence-corrected chi connectivity index (χ0v) is 9.94. The van der Waals surface area contributed by atoms with E-state index in [-0.39, 0.29) is 10.0 Å². The maximum absolute atomic E-state index is 13.1. The molecule has 4 nitrogen and oxygen atoms in total. The largest absolute Gasteiger partial charge is 0.467 e. The van der Waals surface area contributed by atoms with Gasteiger partial charge in [0.05, 0.1) is 11.6 Å². The number of methoxy groups -OCH3 is 1. The number of halogens is 2. The molecule has 2 N–H and O–H groups in total. The summed E-state index contributed by atoms with van der Waals surface area (Å²) in [5.41, 5.74) is 0.0959. The van der Waals surface area contributed by atoms with Gasteiger partial charge in [0.2, 0.25) is 0 Å². The Bertz CT molecular complexity index is 396. The maximum atomic E-state index is 13.1. The van der Waals surface area contributed by atoms with Crippen LogP contribution in [0.15, 0.2) is 22.7 Å². The molecule has 0 saturated carbocycles. The van der Waals surface area contributed by atoms with Gasteiger partial charge in [0.15, 0.2) is 6.10 Å². The molecule has 1 aromatic rings.